The number of fused-ring (bicyclic) bond motifs is 2. The summed E-state index contributed by atoms with van der Waals surface area (Å²) >= 11 is 6.03. The zero-order valence-corrected chi connectivity index (χ0v) is 17.3. The first-order valence-corrected chi connectivity index (χ1v) is 10.4. The lowest BCUT2D eigenvalue weighted by atomic mass is 9.96. The summed E-state index contributed by atoms with van der Waals surface area (Å²) < 4.78 is 0. The molecular weight excluding hydrogens is 386 g/mol. The lowest BCUT2D eigenvalue weighted by Crippen LogP contribution is -2.31. The maximum Gasteiger partial charge on any atom is 0.260 e. The van der Waals surface area contributed by atoms with E-state index in [0.717, 1.165) is 17.4 Å². The number of benzene rings is 1. The van der Waals surface area contributed by atoms with E-state index in [4.69, 9.17) is 11.6 Å². The third kappa shape index (κ3) is 3.98. The monoisotopic (exact) mass is 409 g/mol. The summed E-state index contributed by atoms with van der Waals surface area (Å²) in [6, 6.07) is 14.6. The molecule has 0 spiro atoms. The molecule has 3 aromatic rings. The van der Waals surface area contributed by atoms with E-state index in [1.807, 2.05) is 42.5 Å². The second-order valence-electron chi connectivity index (χ2n) is 7.99. The van der Waals surface area contributed by atoms with Gasteiger partial charge in [-0.2, -0.15) is 0 Å². The van der Waals surface area contributed by atoms with Gasteiger partial charge in [0.1, 0.15) is 11.0 Å². The Bertz CT molecular complexity index is 1050. The highest BCUT2D eigenvalue weighted by Gasteiger charge is 2.39. The first-order valence-electron chi connectivity index (χ1n) is 9.98. The Morgan fingerprint density at radius 1 is 1.07 bits per heavy atom. The van der Waals surface area contributed by atoms with Crippen LogP contribution in [0.25, 0.3) is 11.0 Å². The fourth-order valence-corrected chi connectivity index (χ4v) is 4.03. The predicted molar refractivity (Wildman–Crippen MR) is 115 cm³/mol. The van der Waals surface area contributed by atoms with Crippen molar-refractivity contribution in [1.82, 2.24) is 9.97 Å². The molecule has 150 valence electrons. The quantitative estimate of drug-likeness (QED) is 0.570. The molecule has 0 aliphatic carbocycles. The smallest absolute Gasteiger partial charge is 0.260 e. The average molecular weight is 410 g/mol. The number of rotatable bonds is 6. The number of hydrogen-bond donors (Lipinski definition) is 1. The molecule has 1 amide bonds. The molecule has 6 heteroatoms. The van der Waals surface area contributed by atoms with Crippen LogP contribution in [0, 0.1) is 5.92 Å². The van der Waals surface area contributed by atoms with E-state index >= 15 is 0 Å². The molecule has 2 aromatic heterocycles. The summed E-state index contributed by atoms with van der Waals surface area (Å²) in [4.78, 5) is 23.8. The van der Waals surface area contributed by atoms with Crippen molar-refractivity contribution in [1.29, 1.82) is 0 Å². The van der Waals surface area contributed by atoms with E-state index in [9.17, 15) is 9.90 Å². The van der Waals surface area contributed by atoms with Crippen molar-refractivity contribution in [2.24, 2.45) is 5.92 Å². The lowest BCUT2D eigenvalue weighted by Gasteiger charge is -2.27. The highest BCUT2D eigenvalue weighted by atomic mass is 35.5. The zero-order valence-electron chi connectivity index (χ0n) is 16.5. The van der Waals surface area contributed by atoms with Gasteiger partial charge in [0.15, 0.2) is 5.65 Å². The minimum Gasteiger partial charge on any atom is -0.393 e. The topological polar surface area (TPSA) is 66.3 Å². The summed E-state index contributed by atoms with van der Waals surface area (Å²) in [5.74, 6) is 0.946. The van der Waals surface area contributed by atoms with Gasteiger partial charge >= 0.3 is 0 Å². The van der Waals surface area contributed by atoms with Crippen molar-refractivity contribution < 1.29 is 9.90 Å². The normalized spacial score (nSPS) is 17.2. The van der Waals surface area contributed by atoms with E-state index in [1.165, 1.54) is 0 Å². The van der Waals surface area contributed by atoms with Gasteiger partial charge in [-0.1, -0.05) is 43.6 Å². The van der Waals surface area contributed by atoms with Gasteiger partial charge in [-0.05, 0) is 61.1 Å². The molecule has 3 heterocycles. The van der Waals surface area contributed by atoms with Crippen LogP contribution in [-0.2, 0) is 0 Å². The number of aliphatic hydroxyl groups excluding tert-OH is 1. The SMILES string of the molecule is CC(C)CCC(O)CC1c2ccccc2C(=O)N1c1ccc2ccc(Cl)nc2n1. The highest BCUT2D eigenvalue weighted by molar-refractivity contribution is 6.29. The molecule has 1 aliphatic heterocycles. The Balaban J connectivity index is 1.71. The summed E-state index contributed by atoms with van der Waals surface area (Å²) in [5, 5.41) is 11.9. The molecule has 0 radical (unpaired) electrons. The van der Waals surface area contributed by atoms with Gasteiger partial charge in [-0.25, -0.2) is 9.97 Å². The molecular formula is C23H24ClN3O2. The number of nitrogens with zero attached hydrogens (tertiary/aromatic N) is 3. The summed E-state index contributed by atoms with van der Waals surface area (Å²) in [7, 11) is 0. The second kappa shape index (κ2) is 8.09. The average Bonchev–Trinajstić information content (AvgIpc) is 2.98. The first-order chi connectivity index (χ1) is 13.9. The van der Waals surface area contributed by atoms with E-state index in [1.54, 1.807) is 11.0 Å². The van der Waals surface area contributed by atoms with Gasteiger partial charge < -0.3 is 5.11 Å². The Kier molecular flexibility index (Phi) is 5.52. The molecule has 0 saturated carbocycles. The van der Waals surface area contributed by atoms with Gasteiger partial charge in [0.05, 0.1) is 12.1 Å². The van der Waals surface area contributed by atoms with Gasteiger partial charge in [0.25, 0.3) is 5.91 Å². The summed E-state index contributed by atoms with van der Waals surface area (Å²) in [6.07, 6.45) is 1.63. The number of pyridine rings is 2. The molecule has 2 atom stereocenters. The fraction of sp³-hybridized carbons (Fsp3) is 0.348. The number of hydrogen-bond acceptors (Lipinski definition) is 4. The molecule has 2 unspecified atom stereocenters. The molecule has 4 rings (SSSR count). The van der Waals surface area contributed by atoms with Gasteiger partial charge in [-0.3, -0.25) is 9.69 Å². The summed E-state index contributed by atoms with van der Waals surface area (Å²) in [5.41, 5.74) is 2.09. The maximum atomic E-state index is 13.2. The number of amides is 1. The van der Waals surface area contributed by atoms with E-state index < -0.39 is 6.10 Å². The van der Waals surface area contributed by atoms with Crippen LogP contribution in [0.2, 0.25) is 5.15 Å². The number of halogens is 1. The molecule has 0 saturated heterocycles. The second-order valence-corrected chi connectivity index (χ2v) is 8.38. The molecule has 29 heavy (non-hydrogen) atoms. The third-order valence-electron chi connectivity index (χ3n) is 5.40. The fourth-order valence-electron chi connectivity index (χ4n) is 3.89. The van der Waals surface area contributed by atoms with Crippen LogP contribution in [-0.4, -0.2) is 27.1 Å². The van der Waals surface area contributed by atoms with Crippen molar-refractivity contribution in [3.63, 3.8) is 0 Å². The number of anilines is 1. The standard InChI is InChI=1S/C23H24ClN3O2/c1-14(2)7-10-16(28)13-19-17-5-3-4-6-18(17)23(29)27(19)21-12-9-15-8-11-20(24)25-22(15)26-21/h3-6,8-9,11-12,14,16,19,28H,7,10,13H2,1-2H3. The van der Waals surface area contributed by atoms with Crippen LogP contribution in [0.15, 0.2) is 48.5 Å². The molecule has 1 aromatic carbocycles. The first kappa shape index (κ1) is 19.8. The van der Waals surface area contributed by atoms with Gasteiger partial charge in [0.2, 0.25) is 0 Å². The Hall–Kier alpha value is -2.50. The minimum absolute atomic E-state index is 0.101. The van der Waals surface area contributed by atoms with Crippen LogP contribution in [0.4, 0.5) is 5.82 Å². The highest BCUT2D eigenvalue weighted by Crippen LogP contribution is 2.40. The third-order valence-corrected chi connectivity index (χ3v) is 5.61. The molecule has 0 bridgehead atoms. The van der Waals surface area contributed by atoms with E-state index in [0.29, 0.717) is 40.9 Å². The molecule has 1 N–H and O–H groups in total. The number of carbonyl (C=O) groups is 1. The van der Waals surface area contributed by atoms with Crippen molar-refractivity contribution >= 4 is 34.4 Å². The molecule has 1 aliphatic rings. The van der Waals surface area contributed by atoms with Gasteiger partial charge in [-0.15, -0.1) is 0 Å². The largest absolute Gasteiger partial charge is 0.393 e. The van der Waals surface area contributed by atoms with E-state index in [-0.39, 0.29) is 11.9 Å². The minimum atomic E-state index is -0.489. The Labute approximate surface area is 175 Å². The summed E-state index contributed by atoms with van der Waals surface area (Å²) in [6.45, 7) is 4.29. The number of aliphatic hydroxyl groups is 1. The number of aromatic nitrogens is 2. The van der Waals surface area contributed by atoms with Crippen LogP contribution >= 0.6 is 11.6 Å². The van der Waals surface area contributed by atoms with Crippen molar-refractivity contribution in [2.75, 3.05) is 4.90 Å². The van der Waals surface area contributed by atoms with Crippen LogP contribution in [0.5, 0.6) is 0 Å². The van der Waals surface area contributed by atoms with Crippen molar-refractivity contribution in [3.05, 3.63) is 64.8 Å². The maximum absolute atomic E-state index is 13.2. The zero-order chi connectivity index (χ0) is 20.5. The predicted octanol–water partition coefficient (Wildman–Crippen LogP) is 5.17. The van der Waals surface area contributed by atoms with Crippen LogP contribution in [0.3, 0.4) is 0 Å². The number of carbonyl (C=O) groups excluding carboxylic acids is 1. The molecule has 5 nitrogen and oxygen atoms in total. The lowest BCUT2D eigenvalue weighted by molar-refractivity contribution is 0.0975. The van der Waals surface area contributed by atoms with Crippen LogP contribution < -0.4 is 4.90 Å². The van der Waals surface area contributed by atoms with Crippen molar-refractivity contribution in [2.45, 2.75) is 45.3 Å². The molecule has 0 fully saturated rings. The van der Waals surface area contributed by atoms with Crippen molar-refractivity contribution in [3.8, 4) is 0 Å². The Morgan fingerprint density at radius 3 is 2.62 bits per heavy atom. The van der Waals surface area contributed by atoms with E-state index in [2.05, 4.69) is 23.8 Å². The van der Waals surface area contributed by atoms with Gasteiger partial charge in [0, 0.05) is 10.9 Å². The Morgan fingerprint density at radius 2 is 1.83 bits per heavy atom. The van der Waals surface area contributed by atoms with Crippen LogP contribution in [0.1, 0.15) is 55.1 Å².